The number of hydrogen-bond acceptors (Lipinski definition) is 1. The maximum absolute atomic E-state index is 10.5. The van der Waals surface area contributed by atoms with Crippen LogP contribution in [-0.4, -0.2) is 11.1 Å². The van der Waals surface area contributed by atoms with Crippen molar-refractivity contribution < 1.29 is 9.90 Å². The van der Waals surface area contributed by atoms with Crippen LogP contribution in [0.25, 0.3) is 0 Å². The van der Waals surface area contributed by atoms with Crippen molar-refractivity contribution in [2.45, 2.75) is 264 Å². The highest BCUT2D eigenvalue weighted by Crippen LogP contribution is 2.17. The lowest BCUT2D eigenvalue weighted by Crippen LogP contribution is -1.93. The molecule has 0 radical (unpaired) electrons. The summed E-state index contributed by atoms with van der Waals surface area (Å²) in [7, 11) is 0. The van der Waals surface area contributed by atoms with E-state index in [1.165, 1.54) is 238 Å². The van der Waals surface area contributed by atoms with Gasteiger partial charge in [-0.1, -0.05) is 251 Å². The standard InChI is InChI=1S/C42H84O2/c1-2-3-4-5-6-7-8-9-10-11-12-13-14-15-16-17-18-19-20-21-22-23-24-25-26-27-28-29-30-31-32-33-34-35-36-37-38-39-40-41-42(43)44/h2-41H2,1H3,(H,43,44). The zero-order chi connectivity index (χ0) is 31.9. The van der Waals surface area contributed by atoms with Crippen LogP contribution in [0.3, 0.4) is 0 Å². The molecule has 0 aliphatic rings. The Bertz CT molecular complexity index is 516. The fourth-order valence-corrected chi connectivity index (χ4v) is 6.89. The minimum Gasteiger partial charge on any atom is -0.481 e. The van der Waals surface area contributed by atoms with Gasteiger partial charge in [0.1, 0.15) is 0 Å². The minimum atomic E-state index is -0.647. The Labute approximate surface area is 279 Å². The first kappa shape index (κ1) is 43.5. The molecule has 0 saturated carbocycles. The van der Waals surface area contributed by atoms with Crippen molar-refractivity contribution in [3.8, 4) is 0 Å². The fourth-order valence-electron chi connectivity index (χ4n) is 6.89. The van der Waals surface area contributed by atoms with Gasteiger partial charge in [0.2, 0.25) is 0 Å². The van der Waals surface area contributed by atoms with Crippen molar-refractivity contribution in [1.29, 1.82) is 0 Å². The van der Waals surface area contributed by atoms with Crippen molar-refractivity contribution >= 4 is 5.97 Å². The molecule has 2 nitrogen and oxygen atoms in total. The van der Waals surface area contributed by atoms with Gasteiger partial charge in [-0.15, -0.1) is 0 Å². The lowest BCUT2D eigenvalue weighted by Gasteiger charge is -2.05. The molecule has 2 heteroatoms. The van der Waals surface area contributed by atoms with E-state index in [4.69, 9.17) is 5.11 Å². The molecule has 0 bridgehead atoms. The van der Waals surface area contributed by atoms with Crippen molar-refractivity contribution in [2.75, 3.05) is 0 Å². The summed E-state index contributed by atoms with van der Waals surface area (Å²) in [5.74, 6) is -0.647. The highest BCUT2D eigenvalue weighted by atomic mass is 16.4. The number of unbranched alkanes of at least 4 members (excludes halogenated alkanes) is 38. The Morgan fingerprint density at radius 2 is 0.409 bits per heavy atom. The van der Waals surface area contributed by atoms with Gasteiger partial charge in [0.25, 0.3) is 0 Å². The number of carboxylic acid groups (broad SMARTS) is 1. The summed E-state index contributed by atoms with van der Waals surface area (Å²) in [5, 5.41) is 8.65. The molecule has 0 aromatic rings. The summed E-state index contributed by atoms with van der Waals surface area (Å²) >= 11 is 0. The summed E-state index contributed by atoms with van der Waals surface area (Å²) in [4.78, 5) is 10.5. The fraction of sp³-hybridized carbons (Fsp3) is 0.976. The largest absolute Gasteiger partial charge is 0.481 e. The van der Waals surface area contributed by atoms with Gasteiger partial charge >= 0.3 is 5.97 Å². The number of hydrogen-bond donors (Lipinski definition) is 1. The lowest BCUT2D eigenvalue weighted by molar-refractivity contribution is -0.137. The SMILES string of the molecule is CCCCCCCCCCCCCCCCCCCCCCCCCCCCCCCCCCCCCCCCCC(=O)O. The van der Waals surface area contributed by atoms with Crippen LogP contribution in [0.2, 0.25) is 0 Å². The number of carboxylic acids is 1. The van der Waals surface area contributed by atoms with E-state index in [9.17, 15) is 4.79 Å². The summed E-state index contributed by atoms with van der Waals surface area (Å²) in [6, 6.07) is 0. The maximum atomic E-state index is 10.5. The monoisotopic (exact) mass is 621 g/mol. The van der Waals surface area contributed by atoms with Gasteiger partial charge in [-0.25, -0.2) is 0 Å². The summed E-state index contributed by atoms with van der Waals surface area (Å²) < 4.78 is 0. The third-order valence-electron chi connectivity index (χ3n) is 9.99. The third-order valence-corrected chi connectivity index (χ3v) is 9.99. The molecule has 0 aliphatic carbocycles. The highest BCUT2D eigenvalue weighted by Gasteiger charge is 1.99. The Morgan fingerprint density at radius 3 is 0.545 bits per heavy atom. The summed E-state index contributed by atoms with van der Waals surface area (Å²) in [5.41, 5.74) is 0. The van der Waals surface area contributed by atoms with E-state index in [0.717, 1.165) is 12.8 Å². The number of rotatable bonds is 40. The van der Waals surface area contributed by atoms with E-state index in [2.05, 4.69) is 6.92 Å². The molecule has 0 saturated heterocycles. The van der Waals surface area contributed by atoms with Gasteiger partial charge in [0, 0.05) is 6.42 Å². The van der Waals surface area contributed by atoms with Gasteiger partial charge in [-0.05, 0) is 6.42 Å². The zero-order valence-corrected chi connectivity index (χ0v) is 30.6. The third kappa shape index (κ3) is 41.5. The van der Waals surface area contributed by atoms with Crippen molar-refractivity contribution in [1.82, 2.24) is 0 Å². The second kappa shape index (κ2) is 40.5. The molecule has 0 rings (SSSR count). The molecule has 0 fully saturated rings. The molecule has 44 heavy (non-hydrogen) atoms. The predicted molar refractivity (Wildman–Crippen MR) is 198 cm³/mol. The molecule has 0 unspecified atom stereocenters. The first-order valence-electron chi connectivity index (χ1n) is 21.0. The molecule has 0 aromatic heterocycles. The van der Waals surface area contributed by atoms with Crippen LogP contribution < -0.4 is 0 Å². The molecular weight excluding hydrogens is 536 g/mol. The van der Waals surface area contributed by atoms with Crippen LogP contribution in [0.5, 0.6) is 0 Å². The molecule has 1 N–H and O–H groups in total. The Hall–Kier alpha value is -0.530. The molecule has 0 spiro atoms. The Kier molecular flexibility index (Phi) is 40.0. The van der Waals surface area contributed by atoms with Gasteiger partial charge < -0.3 is 5.11 Å². The first-order valence-corrected chi connectivity index (χ1v) is 21.0. The molecule has 0 aromatic carbocycles. The van der Waals surface area contributed by atoms with E-state index in [1.54, 1.807) is 0 Å². The molecule has 0 heterocycles. The van der Waals surface area contributed by atoms with E-state index < -0.39 is 5.97 Å². The van der Waals surface area contributed by atoms with Gasteiger partial charge in [-0.3, -0.25) is 4.79 Å². The predicted octanol–water partition coefficient (Wildman–Crippen LogP) is 15.7. The molecule has 264 valence electrons. The highest BCUT2D eigenvalue weighted by molar-refractivity contribution is 5.66. The van der Waals surface area contributed by atoms with Crippen molar-refractivity contribution in [3.05, 3.63) is 0 Å². The van der Waals surface area contributed by atoms with Crippen molar-refractivity contribution in [2.24, 2.45) is 0 Å². The van der Waals surface area contributed by atoms with E-state index in [1.807, 2.05) is 0 Å². The summed E-state index contributed by atoms with van der Waals surface area (Å²) in [6.45, 7) is 2.31. The van der Waals surface area contributed by atoms with Crippen molar-refractivity contribution in [3.63, 3.8) is 0 Å². The Morgan fingerprint density at radius 1 is 0.273 bits per heavy atom. The second-order valence-corrected chi connectivity index (χ2v) is 14.6. The smallest absolute Gasteiger partial charge is 0.303 e. The molecule has 0 amide bonds. The van der Waals surface area contributed by atoms with Gasteiger partial charge in [-0.2, -0.15) is 0 Å². The number of aliphatic carboxylic acids is 1. The second-order valence-electron chi connectivity index (χ2n) is 14.6. The average Bonchev–Trinajstić information content (AvgIpc) is 3.02. The van der Waals surface area contributed by atoms with Crippen LogP contribution in [0.15, 0.2) is 0 Å². The Balaban J connectivity index is 3.04. The average molecular weight is 621 g/mol. The van der Waals surface area contributed by atoms with Gasteiger partial charge in [0.05, 0.1) is 0 Å². The topological polar surface area (TPSA) is 37.3 Å². The minimum absolute atomic E-state index is 0.347. The van der Waals surface area contributed by atoms with Crippen LogP contribution in [0.1, 0.15) is 264 Å². The van der Waals surface area contributed by atoms with E-state index >= 15 is 0 Å². The first-order chi connectivity index (χ1) is 21.8. The van der Waals surface area contributed by atoms with Crippen LogP contribution >= 0.6 is 0 Å². The van der Waals surface area contributed by atoms with Crippen LogP contribution in [0.4, 0.5) is 0 Å². The number of carbonyl (C=O) groups is 1. The molecule has 0 aliphatic heterocycles. The molecule has 0 atom stereocenters. The van der Waals surface area contributed by atoms with Crippen LogP contribution in [0, 0.1) is 0 Å². The van der Waals surface area contributed by atoms with E-state index in [-0.39, 0.29) is 0 Å². The quantitative estimate of drug-likeness (QED) is 0.0692. The zero-order valence-electron chi connectivity index (χ0n) is 30.6. The van der Waals surface area contributed by atoms with Crippen LogP contribution in [-0.2, 0) is 4.79 Å². The molecular formula is C42H84O2. The normalized spacial score (nSPS) is 11.5. The summed E-state index contributed by atoms with van der Waals surface area (Å²) in [6.07, 6.45) is 55.9. The van der Waals surface area contributed by atoms with E-state index in [0.29, 0.717) is 6.42 Å². The van der Waals surface area contributed by atoms with Gasteiger partial charge in [0.15, 0.2) is 0 Å². The maximum Gasteiger partial charge on any atom is 0.303 e. The lowest BCUT2D eigenvalue weighted by atomic mass is 10.0.